The Morgan fingerprint density at radius 2 is 1.85 bits per heavy atom. The summed E-state index contributed by atoms with van der Waals surface area (Å²) in [7, 11) is 0. The van der Waals surface area contributed by atoms with Gasteiger partial charge in [-0.3, -0.25) is 0 Å². The predicted molar refractivity (Wildman–Crippen MR) is 85.5 cm³/mol. The summed E-state index contributed by atoms with van der Waals surface area (Å²) in [6.07, 6.45) is 0.0926. The number of rotatable bonds is 6. The van der Waals surface area contributed by atoms with Crippen molar-refractivity contribution < 1.29 is 4.74 Å². The molecule has 0 aliphatic heterocycles. The molecular formula is C17H20ClNO. The second-order valence-electron chi connectivity index (χ2n) is 4.75. The zero-order valence-electron chi connectivity index (χ0n) is 11.9. The molecule has 0 aromatic heterocycles. The summed E-state index contributed by atoms with van der Waals surface area (Å²) in [6.45, 7) is 5.86. The Balaban J connectivity index is 2.10. The summed E-state index contributed by atoms with van der Waals surface area (Å²) < 4.78 is 5.84. The van der Waals surface area contributed by atoms with Crippen LogP contribution in [-0.2, 0) is 0 Å². The third-order valence-corrected chi connectivity index (χ3v) is 3.34. The first kappa shape index (κ1) is 14.9. The molecule has 20 heavy (non-hydrogen) atoms. The number of halogens is 1. The number of ether oxygens (including phenoxy) is 1. The van der Waals surface area contributed by atoms with E-state index in [1.54, 1.807) is 0 Å². The Morgan fingerprint density at radius 3 is 2.50 bits per heavy atom. The van der Waals surface area contributed by atoms with Crippen LogP contribution < -0.4 is 10.1 Å². The molecule has 0 radical (unpaired) electrons. The Morgan fingerprint density at radius 1 is 1.10 bits per heavy atom. The van der Waals surface area contributed by atoms with Crippen LogP contribution in [0.4, 0.5) is 0 Å². The molecule has 0 amide bonds. The second-order valence-corrected chi connectivity index (χ2v) is 5.15. The van der Waals surface area contributed by atoms with Crippen molar-refractivity contribution in [1.82, 2.24) is 5.32 Å². The molecular weight excluding hydrogens is 270 g/mol. The zero-order valence-corrected chi connectivity index (χ0v) is 12.7. The van der Waals surface area contributed by atoms with Crippen LogP contribution in [0.2, 0.25) is 5.02 Å². The molecule has 0 aliphatic carbocycles. The minimum atomic E-state index is 0.0926. The van der Waals surface area contributed by atoms with Crippen molar-refractivity contribution in [2.75, 3.05) is 13.1 Å². The van der Waals surface area contributed by atoms with E-state index in [9.17, 15) is 0 Å². The molecule has 0 heterocycles. The highest BCUT2D eigenvalue weighted by Crippen LogP contribution is 2.30. The maximum Gasteiger partial charge on any atom is 0.138 e. The van der Waals surface area contributed by atoms with Crippen LogP contribution in [0, 0.1) is 0 Å². The van der Waals surface area contributed by atoms with Crippen molar-refractivity contribution in [2.45, 2.75) is 20.0 Å². The third kappa shape index (κ3) is 3.99. The molecule has 2 aromatic carbocycles. The number of likely N-dealkylation sites (N-methyl/N-ethyl adjacent to an activating group) is 1. The van der Waals surface area contributed by atoms with E-state index in [-0.39, 0.29) is 6.10 Å². The maximum atomic E-state index is 6.31. The molecule has 0 saturated heterocycles. The first-order valence-electron chi connectivity index (χ1n) is 6.93. The van der Waals surface area contributed by atoms with Gasteiger partial charge in [0.2, 0.25) is 0 Å². The zero-order chi connectivity index (χ0) is 14.4. The number of hydrogen-bond acceptors (Lipinski definition) is 2. The minimum Gasteiger partial charge on any atom is -0.488 e. The van der Waals surface area contributed by atoms with Crippen molar-refractivity contribution in [2.24, 2.45) is 0 Å². The van der Waals surface area contributed by atoms with Crippen molar-refractivity contribution in [3.05, 3.63) is 53.6 Å². The van der Waals surface area contributed by atoms with E-state index in [1.807, 2.05) is 43.3 Å². The molecule has 106 valence electrons. The summed E-state index contributed by atoms with van der Waals surface area (Å²) in [6, 6.07) is 16.1. The first-order valence-corrected chi connectivity index (χ1v) is 7.31. The average molecular weight is 290 g/mol. The monoisotopic (exact) mass is 289 g/mol. The summed E-state index contributed by atoms with van der Waals surface area (Å²) in [5.41, 5.74) is 2.25. The second kappa shape index (κ2) is 7.32. The summed E-state index contributed by atoms with van der Waals surface area (Å²) >= 11 is 6.31. The van der Waals surface area contributed by atoms with E-state index < -0.39 is 0 Å². The molecule has 3 heteroatoms. The molecule has 2 rings (SSSR count). The van der Waals surface area contributed by atoms with Crippen LogP contribution in [0.1, 0.15) is 13.8 Å². The number of benzene rings is 2. The fourth-order valence-corrected chi connectivity index (χ4v) is 2.24. The van der Waals surface area contributed by atoms with E-state index in [4.69, 9.17) is 16.3 Å². The van der Waals surface area contributed by atoms with E-state index in [1.165, 1.54) is 0 Å². The van der Waals surface area contributed by atoms with Crippen LogP contribution in [0.25, 0.3) is 11.1 Å². The summed E-state index contributed by atoms with van der Waals surface area (Å²) in [5.74, 6) is 0.733. The molecule has 2 aromatic rings. The largest absolute Gasteiger partial charge is 0.488 e. The van der Waals surface area contributed by atoms with Crippen molar-refractivity contribution in [3.8, 4) is 16.9 Å². The summed E-state index contributed by atoms with van der Waals surface area (Å²) in [4.78, 5) is 0. The van der Waals surface area contributed by atoms with E-state index in [0.717, 1.165) is 30.0 Å². The third-order valence-electron chi connectivity index (χ3n) is 3.05. The Kier molecular flexibility index (Phi) is 5.45. The van der Waals surface area contributed by atoms with Crippen molar-refractivity contribution in [3.63, 3.8) is 0 Å². The normalized spacial score (nSPS) is 12.2. The van der Waals surface area contributed by atoms with E-state index in [0.29, 0.717) is 5.02 Å². The van der Waals surface area contributed by atoms with Crippen LogP contribution >= 0.6 is 11.6 Å². The lowest BCUT2D eigenvalue weighted by atomic mass is 10.1. The number of hydrogen-bond donors (Lipinski definition) is 1. The van der Waals surface area contributed by atoms with Crippen LogP contribution in [0.3, 0.4) is 0 Å². The van der Waals surface area contributed by atoms with Gasteiger partial charge in [-0.1, -0.05) is 54.9 Å². The molecule has 0 bridgehead atoms. The predicted octanol–water partition coefficient (Wildman–Crippen LogP) is 4.38. The van der Waals surface area contributed by atoms with Gasteiger partial charge in [0.1, 0.15) is 11.9 Å². The van der Waals surface area contributed by atoms with Gasteiger partial charge >= 0.3 is 0 Å². The maximum absolute atomic E-state index is 6.31. The van der Waals surface area contributed by atoms with Gasteiger partial charge in [-0.05, 0) is 36.7 Å². The van der Waals surface area contributed by atoms with Gasteiger partial charge in [-0.15, -0.1) is 0 Å². The lowest BCUT2D eigenvalue weighted by Gasteiger charge is -2.16. The highest BCUT2D eigenvalue weighted by Gasteiger charge is 2.08. The van der Waals surface area contributed by atoms with Crippen molar-refractivity contribution in [1.29, 1.82) is 0 Å². The fourth-order valence-electron chi connectivity index (χ4n) is 2.01. The molecule has 0 fully saturated rings. The Hall–Kier alpha value is -1.51. The Labute approximate surface area is 125 Å². The molecule has 0 saturated carbocycles. The van der Waals surface area contributed by atoms with Crippen LogP contribution in [-0.4, -0.2) is 19.2 Å². The van der Waals surface area contributed by atoms with Gasteiger partial charge in [0.25, 0.3) is 0 Å². The van der Waals surface area contributed by atoms with Crippen LogP contribution in [0.5, 0.6) is 5.75 Å². The molecule has 2 nitrogen and oxygen atoms in total. The van der Waals surface area contributed by atoms with Gasteiger partial charge in [-0.25, -0.2) is 0 Å². The van der Waals surface area contributed by atoms with Gasteiger partial charge in [0.05, 0.1) is 5.02 Å². The minimum absolute atomic E-state index is 0.0926. The highest BCUT2D eigenvalue weighted by molar-refractivity contribution is 6.32. The standard InChI is InChI=1S/C17H20ClNO/c1-3-19-12-13(2)20-17-10-9-15(11-16(17)18)14-7-5-4-6-8-14/h4-11,13,19H,3,12H2,1-2H3. The SMILES string of the molecule is CCNCC(C)Oc1ccc(-c2ccccc2)cc1Cl. The van der Waals surface area contributed by atoms with Gasteiger partial charge in [0, 0.05) is 6.54 Å². The topological polar surface area (TPSA) is 21.3 Å². The molecule has 1 atom stereocenters. The quantitative estimate of drug-likeness (QED) is 0.852. The molecule has 1 N–H and O–H groups in total. The average Bonchev–Trinajstić information content (AvgIpc) is 2.48. The van der Waals surface area contributed by atoms with E-state index in [2.05, 4.69) is 24.4 Å². The Bertz CT molecular complexity index is 542. The molecule has 1 unspecified atom stereocenters. The first-order chi connectivity index (χ1) is 9.70. The highest BCUT2D eigenvalue weighted by atomic mass is 35.5. The molecule has 0 aliphatic rings. The summed E-state index contributed by atoms with van der Waals surface area (Å²) in [5, 5.41) is 3.90. The fraction of sp³-hybridized carbons (Fsp3) is 0.294. The van der Waals surface area contributed by atoms with Gasteiger partial charge in [-0.2, -0.15) is 0 Å². The van der Waals surface area contributed by atoms with Gasteiger partial charge in [0.15, 0.2) is 0 Å². The van der Waals surface area contributed by atoms with Crippen LogP contribution in [0.15, 0.2) is 48.5 Å². The lowest BCUT2D eigenvalue weighted by molar-refractivity contribution is 0.218. The lowest BCUT2D eigenvalue weighted by Crippen LogP contribution is -2.28. The van der Waals surface area contributed by atoms with Gasteiger partial charge < -0.3 is 10.1 Å². The number of nitrogens with one attached hydrogen (secondary N) is 1. The van der Waals surface area contributed by atoms with Crippen molar-refractivity contribution >= 4 is 11.6 Å². The molecule has 0 spiro atoms. The smallest absolute Gasteiger partial charge is 0.138 e. The van der Waals surface area contributed by atoms with E-state index >= 15 is 0 Å².